The molecule has 1 N–H and O–H groups in total. The fourth-order valence-electron chi connectivity index (χ4n) is 1.63. The lowest BCUT2D eigenvalue weighted by Gasteiger charge is -2.19. The average Bonchev–Trinajstić information content (AvgIpc) is 2.36. The lowest BCUT2D eigenvalue weighted by atomic mass is 10.0. The van der Waals surface area contributed by atoms with Crippen LogP contribution in [0.15, 0.2) is 17.2 Å². The van der Waals surface area contributed by atoms with Gasteiger partial charge in [-0.25, -0.2) is 14.2 Å². The predicted octanol–water partition coefficient (Wildman–Crippen LogP) is 1.98. The maximum Gasteiger partial charge on any atom is 0.239 e. The van der Waals surface area contributed by atoms with Gasteiger partial charge in [0, 0.05) is 24.5 Å². The van der Waals surface area contributed by atoms with Crippen molar-refractivity contribution in [3.8, 4) is 5.75 Å². The van der Waals surface area contributed by atoms with Gasteiger partial charge in [0.1, 0.15) is 5.82 Å². The van der Waals surface area contributed by atoms with Gasteiger partial charge in [0.05, 0.1) is 12.3 Å². The Balaban J connectivity index is 2.35. The van der Waals surface area contributed by atoms with E-state index in [4.69, 9.17) is 4.74 Å². The third kappa shape index (κ3) is 2.47. The van der Waals surface area contributed by atoms with Gasteiger partial charge in [-0.15, -0.1) is 0 Å². The number of hydrogen-bond donors (Lipinski definition) is 1. The van der Waals surface area contributed by atoms with Crippen LogP contribution >= 0.6 is 0 Å². The quantitative estimate of drug-likeness (QED) is 0.820. The Labute approximate surface area is 103 Å². The molecule has 0 aromatic heterocycles. The molecule has 0 unspecified atom stereocenters. The molecule has 0 radical (unpaired) electrons. The molecular formula is C12H12F2N2O2. The van der Waals surface area contributed by atoms with Crippen molar-refractivity contribution < 1.29 is 18.3 Å². The Bertz CT molecular complexity index is 515. The number of benzene rings is 1. The first-order valence-electron chi connectivity index (χ1n) is 5.59. The summed E-state index contributed by atoms with van der Waals surface area (Å²) in [5.74, 6) is -1.75. The van der Waals surface area contributed by atoms with Crippen molar-refractivity contribution in [3.63, 3.8) is 0 Å². The monoisotopic (exact) mass is 254 g/mol. The molecule has 0 spiro atoms. The largest absolute Gasteiger partial charge is 0.489 e. The number of nitrogens with zero attached hydrogens (tertiary/aromatic N) is 1. The van der Waals surface area contributed by atoms with Crippen molar-refractivity contribution in [2.45, 2.75) is 19.8 Å². The van der Waals surface area contributed by atoms with Crippen LogP contribution in [0.5, 0.6) is 5.75 Å². The molecule has 0 saturated carbocycles. The minimum Gasteiger partial charge on any atom is -0.489 e. The molecule has 6 heteroatoms. The molecule has 18 heavy (non-hydrogen) atoms. The summed E-state index contributed by atoms with van der Waals surface area (Å²) in [7, 11) is 0. The van der Waals surface area contributed by atoms with Gasteiger partial charge in [-0.3, -0.25) is 4.79 Å². The minimum absolute atomic E-state index is 0.0212. The number of rotatable bonds is 2. The molecule has 0 bridgehead atoms. The minimum atomic E-state index is -0.765. The second-order valence-electron chi connectivity index (χ2n) is 3.81. The van der Waals surface area contributed by atoms with E-state index in [1.54, 1.807) is 6.92 Å². The van der Waals surface area contributed by atoms with Gasteiger partial charge in [0.25, 0.3) is 0 Å². The van der Waals surface area contributed by atoms with Gasteiger partial charge in [-0.1, -0.05) is 6.92 Å². The highest BCUT2D eigenvalue weighted by atomic mass is 19.1. The first kappa shape index (κ1) is 12.5. The maximum absolute atomic E-state index is 13.5. The van der Waals surface area contributed by atoms with Gasteiger partial charge in [-0.05, 0) is 6.07 Å². The predicted molar refractivity (Wildman–Crippen MR) is 61.4 cm³/mol. The number of amides is 1. The van der Waals surface area contributed by atoms with Crippen LogP contribution in [0.25, 0.3) is 0 Å². The Morgan fingerprint density at radius 2 is 2.28 bits per heavy atom. The normalized spacial score (nSPS) is 16.1. The van der Waals surface area contributed by atoms with Crippen LogP contribution < -0.4 is 10.2 Å². The van der Waals surface area contributed by atoms with Crippen LogP contribution in [0.1, 0.15) is 25.3 Å². The smallest absolute Gasteiger partial charge is 0.239 e. The molecule has 2 rings (SSSR count). The Hall–Kier alpha value is -1.98. The van der Waals surface area contributed by atoms with Crippen LogP contribution in [-0.4, -0.2) is 18.2 Å². The third-order valence-electron chi connectivity index (χ3n) is 2.54. The summed E-state index contributed by atoms with van der Waals surface area (Å²) in [6.45, 7) is 1.93. The average molecular weight is 254 g/mol. The number of hydrogen-bond acceptors (Lipinski definition) is 3. The van der Waals surface area contributed by atoms with Crippen LogP contribution in [-0.2, 0) is 4.79 Å². The van der Waals surface area contributed by atoms with E-state index in [0.717, 1.165) is 12.1 Å². The zero-order valence-electron chi connectivity index (χ0n) is 9.80. The van der Waals surface area contributed by atoms with Crippen molar-refractivity contribution in [1.82, 2.24) is 5.43 Å². The number of halogens is 2. The molecule has 1 heterocycles. The van der Waals surface area contributed by atoms with Crippen LogP contribution in [0.3, 0.4) is 0 Å². The number of fused-ring (bicyclic) bond motifs is 1. The number of carbonyl (C=O) groups excluding carboxylic acids is 1. The first-order chi connectivity index (χ1) is 8.61. The lowest BCUT2D eigenvalue weighted by Crippen LogP contribution is -2.23. The van der Waals surface area contributed by atoms with Gasteiger partial charge in [0.2, 0.25) is 5.91 Å². The van der Waals surface area contributed by atoms with Crippen LogP contribution in [0.4, 0.5) is 8.78 Å². The molecular weight excluding hydrogens is 242 g/mol. The summed E-state index contributed by atoms with van der Waals surface area (Å²) < 4.78 is 31.8. The molecule has 1 amide bonds. The fourth-order valence-corrected chi connectivity index (χ4v) is 1.63. The molecule has 1 aliphatic heterocycles. The summed E-state index contributed by atoms with van der Waals surface area (Å²) in [5, 5.41) is 3.88. The maximum atomic E-state index is 13.5. The van der Waals surface area contributed by atoms with Crippen molar-refractivity contribution in [2.75, 3.05) is 6.61 Å². The van der Waals surface area contributed by atoms with E-state index in [1.165, 1.54) is 0 Å². The van der Waals surface area contributed by atoms with Gasteiger partial charge in [-0.2, -0.15) is 5.10 Å². The zero-order chi connectivity index (χ0) is 13.1. The number of hydrazone groups is 1. The van der Waals surface area contributed by atoms with E-state index in [-0.39, 0.29) is 30.2 Å². The van der Waals surface area contributed by atoms with Gasteiger partial charge < -0.3 is 4.74 Å². The van der Waals surface area contributed by atoms with E-state index >= 15 is 0 Å². The second-order valence-corrected chi connectivity index (χ2v) is 3.81. The molecule has 1 aromatic carbocycles. The molecule has 1 aliphatic rings. The van der Waals surface area contributed by atoms with Crippen molar-refractivity contribution in [2.24, 2.45) is 5.10 Å². The summed E-state index contributed by atoms with van der Waals surface area (Å²) in [4.78, 5) is 11.1. The van der Waals surface area contributed by atoms with Crippen molar-refractivity contribution in [3.05, 3.63) is 29.3 Å². The van der Waals surface area contributed by atoms with E-state index in [9.17, 15) is 13.6 Å². The zero-order valence-corrected chi connectivity index (χ0v) is 9.80. The van der Waals surface area contributed by atoms with E-state index in [0.29, 0.717) is 12.1 Å². The molecule has 0 atom stereocenters. The van der Waals surface area contributed by atoms with Gasteiger partial charge >= 0.3 is 0 Å². The van der Waals surface area contributed by atoms with E-state index < -0.39 is 11.6 Å². The standard InChI is InChI=1S/C12H12F2N2O2/c1-2-11(17)16-15-10-3-4-18-12-8(10)5-7(13)6-9(12)14/h5-6H,2-4H2,1H3,(H,16,17). The highest BCUT2D eigenvalue weighted by molar-refractivity contribution is 6.04. The Morgan fingerprint density at radius 1 is 1.50 bits per heavy atom. The van der Waals surface area contributed by atoms with Crippen LogP contribution in [0.2, 0.25) is 0 Å². The van der Waals surface area contributed by atoms with E-state index in [2.05, 4.69) is 10.5 Å². The summed E-state index contributed by atoms with van der Waals surface area (Å²) in [6.07, 6.45) is 0.678. The Kier molecular flexibility index (Phi) is 3.55. The first-order valence-corrected chi connectivity index (χ1v) is 5.59. The number of nitrogens with one attached hydrogen (secondary N) is 1. The van der Waals surface area contributed by atoms with Crippen molar-refractivity contribution in [1.29, 1.82) is 0 Å². The number of ether oxygens (including phenoxy) is 1. The molecule has 0 aliphatic carbocycles. The summed E-state index contributed by atoms with van der Waals surface area (Å²) in [6, 6.07) is 1.90. The topological polar surface area (TPSA) is 50.7 Å². The molecule has 4 nitrogen and oxygen atoms in total. The number of carbonyl (C=O) groups is 1. The summed E-state index contributed by atoms with van der Waals surface area (Å²) >= 11 is 0. The highest BCUT2D eigenvalue weighted by Gasteiger charge is 2.22. The summed E-state index contributed by atoms with van der Waals surface area (Å²) in [5.41, 5.74) is 2.99. The molecule has 96 valence electrons. The van der Waals surface area contributed by atoms with Crippen LogP contribution in [0, 0.1) is 11.6 Å². The molecule has 1 aromatic rings. The SMILES string of the molecule is CCC(=O)NN=C1CCOc2c(F)cc(F)cc21. The molecule has 0 saturated heterocycles. The fraction of sp³-hybridized carbons (Fsp3) is 0.333. The highest BCUT2D eigenvalue weighted by Crippen LogP contribution is 2.29. The Morgan fingerprint density at radius 3 is 3.00 bits per heavy atom. The van der Waals surface area contributed by atoms with Crippen molar-refractivity contribution >= 4 is 11.6 Å². The molecule has 0 fully saturated rings. The third-order valence-corrected chi connectivity index (χ3v) is 2.54. The lowest BCUT2D eigenvalue weighted by molar-refractivity contribution is -0.120. The van der Waals surface area contributed by atoms with Gasteiger partial charge in [0.15, 0.2) is 11.6 Å². The van der Waals surface area contributed by atoms with E-state index in [1.807, 2.05) is 0 Å². The second kappa shape index (κ2) is 5.12.